The number of likely N-dealkylation sites (tertiary alicyclic amines) is 1. The summed E-state index contributed by atoms with van der Waals surface area (Å²) in [5.74, 6) is -2.38. The molecule has 0 saturated carbocycles. The van der Waals surface area contributed by atoms with Gasteiger partial charge in [0.1, 0.15) is 16.6 Å². The van der Waals surface area contributed by atoms with Crippen LogP contribution in [0.1, 0.15) is 11.3 Å². The van der Waals surface area contributed by atoms with Crippen molar-refractivity contribution in [3.8, 4) is 10.6 Å². The van der Waals surface area contributed by atoms with Crippen LogP contribution in [0.5, 0.6) is 0 Å². The molecule has 2 heterocycles. The Balaban J connectivity index is 1.74. The normalized spacial score (nSPS) is 18.7. The number of aliphatic carboxylic acids is 1. The van der Waals surface area contributed by atoms with Gasteiger partial charge in [-0.2, -0.15) is 0 Å². The van der Waals surface area contributed by atoms with Crippen LogP contribution in [0.15, 0.2) is 24.4 Å². The number of carbonyl (C=O) groups is 1. The molecule has 0 aliphatic carbocycles. The fourth-order valence-corrected chi connectivity index (χ4v) is 3.60. The molecule has 1 aliphatic heterocycles. The van der Waals surface area contributed by atoms with Gasteiger partial charge in [-0.15, -0.1) is 11.3 Å². The predicted octanol–water partition coefficient (Wildman–Crippen LogP) is 2.99. The Morgan fingerprint density at radius 2 is 2.14 bits per heavy atom. The van der Waals surface area contributed by atoms with Crippen LogP contribution < -0.4 is 0 Å². The molecule has 3 rings (SSSR count). The van der Waals surface area contributed by atoms with Gasteiger partial charge in [0.25, 0.3) is 0 Å². The Morgan fingerprint density at radius 1 is 1.41 bits per heavy atom. The summed E-state index contributed by atoms with van der Waals surface area (Å²) < 4.78 is 27.5. The lowest BCUT2D eigenvalue weighted by molar-refractivity contribution is -0.141. The van der Waals surface area contributed by atoms with Gasteiger partial charge in [0.15, 0.2) is 0 Å². The largest absolute Gasteiger partial charge is 0.481 e. The van der Waals surface area contributed by atoms with E-state index < -0.39 is 17.6 Å². The highest BCUT2D eigenvalue weighted by molar-refractivity contribution is 7.15. The third-order valence-electron chi connectivity index (χ3n) is 3.73. The minimum atomic E-state index is -0.777. The summed E-state index contributed by atoms with van der Waals surface area (Å²) in [5, 5.41) is 9.30. The van der Waals surface area contributed by atoms with E-state index >= 15 is 0 Å². The van der Waals surface area contributed by atoms with Gasteiger partial charge in [-0.1, -0.05) is 6.07 Å². The van der Waals surface area contributed by atoms with Crippen molar-refractivity contribution in [2.45, 2.75) is 13.0 Å². The average Bonchev–Trinajstić information content (AvgIpc) is 3.09. The molecule has 1 aliphatic rings. The molecule has 0 spiro atoms. The van der Waals surface area contributed by atoms with Crippen molar-refractivity contribution in [1.29, 1.82) is 0 Å². The third kappa shape index (κ3) is 3.00. The second-order valence-corrected chi connectivity index (χ2v) is 6.40. The average molecular weight is 324 g/mol. The number of nitrogens with zero attached hydrogens (tertiary/aromatic N) is 2. The van der Waals surface area contributed by atoms with Gasteiger partial charge in [0.05, 0.1) is 11.5 Å². The lowest BCUT2D eigenvalue weighted by Gasteiger charge is -2.12. The first-order chi connectivity index (χ1) is 10.5. The van der Waals surface area contributed by atoms with Crippen LogP contribution in [0.3, 0.4) is 0 Å². The smallest absolute Gasteiger partial charge is 0.307 e. The van der Waals surface area contributed by atoms with Gasteiger partial charge >= 0.3 is 5.97 Å². The fraction of sp³-hybridized carbons (Fsp3) is 0.333. The van der Waals surface area contributed by atoms with Crippen molar-refractivity contribution < 1.29 is 18.7 Å². The van der Waals surface area contributed by atoms with Gasteiger partial charge in [-0.25, -0.2) is 13.8 Å². The highest BCUT2D eigenvalue weighted by Gasteiger charge is 2.28. The summed E-state index contributed by atoms with van der Waals surface area (Å²) in [6.07, 6.45) is 2.23. The Labute approximate surface area is 130 Å². The molecule has 7 heteroatoms. The van der Waals surface area contributed by atoms with Crippen LogP contribution in [0.4, 0.5) is 8.78 Å². The minimum Gasteiger partial charge on any atom is -0.481 e. The number of halogens is 2. The Bertz CT molecular complexity index is 684. The van der Waals surface area contributed by atoms with Gasteiger partial charge in [0, 0.05) is 24.2 Å². The topological polar surface area (TPSA) is 53.4 Å². The lowest BCUT2D eigenvalue weighted by atomic mass is 10.1. The highest BCUT2D eigenvalue weighted by atomic mass is 32.1. The molecule has 0 radical (unpaired) electrons. The van der Waals surface area contributed by atoms with E-state index in [1.807, 2.05) is 4.90 Å². The number of thiazole rings is 1. The molecular formula is C15H14F2N2O2S. The minimum absolute atomic E-state index is 0.108. The molecule has 1 aromatic heterocycles. The highest BCUT2D eigenvalue weighted by Crippen LogP contribution is 2.31. The molecule has 1 fully saturated rings. The summed E-state index contributed by atoms with van der Waals surface area (Å²) in [6.45, 7) is 1.76. The number of rotatable bonds is 4. The summed E-state index contributed by atoms with van der Waals surface area (Å²) in [7, 11) is 0. The first-order valence-electron chi connectivity index (χ1n) is 6.89. The number of carboxylic acid groups (broad SMARTS) is 1. The quantitative estimate of drug-likeness (QED) is 0.939. The molecule has 116 valence electrons. The van der Waals surface area contributed by atoms with E-state index in [1.54, 1.807) is 6.20 Å². The van der Waals surface area contributed by atoms with Gasteiger partial charge in [-0.05, 0) is 25.1 Å². The molecule has 1 saturated heterocycles. The van der Waals surface area contributed by atoms with Crippen LogP contribution >= 0.6 is 11.3 Å². The standard InChI is InChI=1S/C15H14F2N2O2S/c16-11-2-1-3-12(17)13(11)14-18-6-10(22-14)8-19-5-4-9(7-19)15(20)21/h1-3,6,9H,4-5,7-8H2,(H,20,21). The van der Waals surface area contributed by atoms with E-state index in [1.165, 1.54) is 29.5 Å². The second-order valence-electron chi connectivity index (χ2n) is 5.29. The van der Waals surface area contributed by atoms with E-state index in [0.29, 0.717) is 31.1 Å². The predicted molar refractivity (Wildman–Crippen MR) is 78.5 cm³/mol. The zero-order valence-corrected chi connectivity index (χ0v) is 12.4. The molecule has 1 atom stereocenters. The van der Waals surface area contributed by atoms with Crippen LogP contribution in [0, 0.1) is 17.6 Å². The molecular weight excluding hydrogens is 310 g/mol. The molecule has 4 nitrogen and oxygen atoms in total. The Hall–Kier alpha value is -1.86. The van der Waals surface area contributed by atoms with Gasteiger partial charge < -0.3 is 5.11 Å². The maximum Gasteiger partial charge on any atom is 0.307 e. The van der Waals surface area contributed by atoms with Crippen LogP contribution in [-0.4, -0.2) is 34.0 Å². The van der Waals surface area contributed by atoms with E-state index in [-0.39, 0.29) is 11.5 Å². The van der Waals surface area contributed by atoms with Crippen molar-refractivity contribution in [3.63, 3.8) is 0 Å². The molecule has 22 heavy (non-hydrogen) atoms. The zero-order valence-electron chi connectivity index (χ0n) is 11.6. The number of hydrogen-bond acceptors (Lipinski definition) is 4. The molecule has 2 aromatic rings. The summed E-state index contributed by atoms with van der Waals surface area (Å²) in [6, 6.07) is 3.73. The van der Waals surface area contributed by atoms with Crippen molar-refractivity contribution in [2.24, 2.45) is 5.92 Å². The maximum atomic E-state index is 13.7. The first kappa shape index (κ1) is 15.1. The second kappa shape index (κ2) is 6.10. The number of hydrogen-bond donors (Lipinski definition) is 1. The fourth-order valence-electron chi connectivity index (χ4n) is 2.60. The Morgan fingerprint density at radius 3 is 2.77 bits per heavy atom. The molecule has 0 bridgehead atoms. The van der Waals surface area contributed by atoms with Crippen molar-refractivity contribution in [2.75, 3.05) is 13.1 Å². The Kier molecular flexibility index (Phi) is 4.17. The maximum absolute atomic E-state index is 13.7. The van der Waals surface area contributed by atoms with Crippen molar-refractivity contribution >= 4 is 17.3 Å². The summed E-state index contributed by atoms with van der Waals surface area (Å²) >= 11 is 1.23. The summed E-state index contributed by atoms with van der Waals surface area (Å²) in [4.78, 5) is 17.9. The van der Waals surface area contributed by atoms with E-state index in [0.717, 1.165) is 4.88 Å². The van der Waals surface area contributed by atoms with Crippen LogP contribution in [-0.2, 0) is 11.3 Å². The zero-order chi connectivity index (χ0) is 15.7. The van der Waals surface area contributed by atoms with Crippen LogP contribution in [0.2, 0.25) is 0 Å². The SMILES string of the molecule is O=C(O)C1CCN(Cc2cnc(-c3c(F)cccc3F)s2)C1. The molecule has 1 N–H and O–H groups in total. The first-order valence-corrected chi connectivity index (χ1v) is 7.70. The molecule has 1 unspecified atom stereocenters. The van der Waals surface area contributed by atoms with Gasteiger partial charge in [0.2, 0.25) is 0 Å². The number of benzene rings is 1. The van der Waals surface area contributed by atoms with E-state index in [2.05, 4.69) is 4.98 Å². The number of carboxylic acids is 1. The van der Waals surface area contributed by atoms with Crippen molar-refractivity contribution in [1.82, 2.24) is 9.88 Å². The monoisotopic (exact) mass is 324 g/mol. The van der Waals surface area contributed by atoms with Crippen molar-refractivity contribution in [3.05, 3.63) is 40.9 Å². The van der Waals surface area contributed by atoms with Gasteiger partial charge in [-0.3, -0.25) is 9.69 Å². The molecule has 1 aromatic carbocycles. The summed E-state index contributed by atoms with van der Waals surface area (Å²) in [5.41, 5.74) is -0.108. The molecule has 0 amide bonds. The number of aromatic nitrogens is 1. The van der Waals surface area contributed by atoms with Crippen LogP contribution in [0.25, 0.3) is 10.6 Å². The lowest BCUT2D eigenvalue weighted by Crippen LogP contribution is -2.22. The van der Waals surface area contributed by atoms with E-state index in [4.69, 9.17) is 5.11 Å². The van der Waals surface area contributed by atoms with E-state index in [9.17, 15) is 13.6 Å². The third-order valence-corrected chi connectivity index (χ3v) is 4.73.